The van der Waals surface area contributed by atoms with Crippen molar-refractivity contribution in [2.45, 2.75) is 19.6 Å². The molecule has 0 aliphatic carbocycles. The fourth-order valence-electron chi connectivity index (χ4n) is 1.90. The molecule has 2 N–H and O–H groups in total. The van der Waals surface area contributed by atoms with Gasteiger partial charge in [-0.15, -0.1) is 0 Å². The van der Waals surface area contributed by atoms with E-state index >= 15 is 0 Å². The van der Waals surface area contributed by atoms with Crippen molar-refractivity contribution in [3.05, 3.63) is 61.8 Å². The molecule has 6 heteroatoms. The zero-order chi connectivity index (χ0) is 14.5. The van der Waals surface area contributed by atoms with Crippen molar-refractivity contribution in [3.63, 3.8) is 0 Å². The van der Waals surface area contributed by atoms with E-state index in [2.05, 4.69) is 5.32 Å². The third-order valence-electron chi connectivity index (χ3n) is 3.07. The molecule has 1 atom stereocenters. The number of nitrogens with one attached hydrogen (secondary N) is 1. The van der Waals surface area contributed by atoms with Crippen LogP contribution in [0, 0.1) is 17.0 Å². The number of nitro benzene ring substituents is 1. The first kappa shape index (κ1) is 14.6. The van der Waals surface area contributed by atoms with E-state index in [0.29, 0.717) is 18.7 Å². The highest BCUT2D eigenvalue weighted by Crippen LogP contribution is 2.19. The lowest BCUT2D eigenvalue weighted by Crippen LogP contribution is -2.20. The summed E-state index contributed by atoms with van der Waals surface area (Å²) in [6.07, 6.45) is -0.554. The Balaban J connectivity index is 1.91. The number of aryl methyl sites for hydroxylation is 1. The largest absolute Gasteiger partial charge is 0.387 e. The fourth-order valence-corrected chi connectivity index (χ4v) is 2.60. The monoisotopic (exact) mass is 292 g/mol. The Hall–Kier alpha value is -1.76. The lowest BCUT2D eigenvalue weighted by Gasteiger charge is -2.10. The molecule has 1 aromatic heterocycles. The Morgan fingerprint density at radius 1 is 1.45 bits per heavy atom. The first-order chi connectivity index (χ1) is 9.58. The first-order valence-electron chi connectivity index (χ1n) is 6.22. The van der Waals surface area contributed by atoms with Crippen LogP contribution in [0.4, 0.5) is 5.69 Å². The second-order valence-corrected chi connectivity index (χ2v) is 5.36. The number of nitro groups is 1. The predicted molar refractivity (Wildman–Crippen MR) is 78.8 cm³/mol. The van der Waals surface area contributed by atoms with E-state index in [1.807, 2.05) is 22.9 Å². The molecule has 2 rings (SSSR count). The maximum Gasteiger partial charge on any atom is 0.272 e. The fraction of sp³-hybridized carbons (Fsp3) is 0.286. The number of hydrogen-bond acceptors (Lipinski definition) is 5. The van der Waals surface area contributed by atoms with Crippen LogP contribution in [-0.2, 0) is 6.54 Å². The number of thiophene rings is 1. The average molecular weight is 292 g/mol. The van der Waals surface area contributed by atoms with Gasteiger partial charge in [-0.05, 0) is 34.9 Å². The quantitative estimate of drug-likeness (QED) is 0.634. The minimum absolute atomic E-state index is 0.127. The van der Waals surface area contributed by atoms with Crippen LogP contribution in [0.3, 0.4) is 0 Å². The third-order valence-corrected chi connectivity index (χ3v) is 3.77. The highest BCUT2D eigenvalue weighted by molar-refractivity contribution is 7.07. The van der Waals surface area contributed by atoms with E-state index in [4.69, 9.17) is 0 Å². The van der Waals surface area contributed by atoms with Crippen LogP contribution in [0.15, 0.2) is 35.0 Å². The molecule has 0 spiro atoms. The van der Waals surface area contributed by atoms with Gasteiger partial charge in [0, 0.05) is 24.7 Å². The van der Waals surface area contributed by atoms with Gasteiger partial charge >= 0.3 is 0 Å². The van der Waals surface area contributed by atoms with Crippen LogP contribution in [0.5, 0.6) is 0 Å². The first-order valence-corrected chi connectivity index (χ1v) is 7.17. The standard InChI is InChI=1S/C14H16N2O3S/c1-10-2-3-11(6-13(10)16(18)19)7-15-8-14(17)12-4-5-20-9-12/h2-6,9,14-15,17H,7-8H2,1H3. The molecule has 0 radical (unpaired) electrons. The van der Waals surface area contributed by atoms with Crippen LogP contribution in [0.2, 0.25) is 0 Å². The summed E-state index contributed by atoms with van der Waals surface area (Å²) in [7, 11) is 0. The smallest absolute Gasteiger partial charge is 0.272 e. The lowest BCUT2D eigenvalue weighted by molar-refractivity contribution is -0.385. The van der Waals surface area contributed by atoms with Gasteiger partial charge in [-0.3, -0.25) is 10.1 Å². The summed E-state index contributed by atoms with van der Waals surface area (Å²) >= 11 is 1.54. The number of aliphatic hydroxyl groups excluding tert-OH is 1. The lowest BCUT2D eigenvalue weighted by atomic mass is 10.1. The van der Waals surface area contributed by atoms with Crippen molar-refractivity contribution < 1.29 is 10.0 Å². The van der Waals surface area contributed by atoms with Gasteiger partial charge in [0.1, 0.15) is 0 Å². The van der Waals surface area contributed by atoms with Gasteiger partial charge in [-0.25, -0.2) is 0 Å². The Morgan fingerprint density at radius 2 is 2.25 bits per heavy atom. The zero-order valence-corrected chi connectivity index (χ0v) is 11.9. The molecule has 1 aromatic carbocycles. The van der Waals surface area contributed by atoms with E-state index < -0.39 is 6.10 Å². The van der Waals surface area contributed by atoms with Crippen LogP contribution in [-0.4, -0.2) is 16.6 Å². The number of rotatable bonds is 6. The van der Waals surface area contributed by atoms with Crippen LogP contribution in [0.1, 0.15) is 22.8 Å². The van der Waals surface area contributed by atoms with Crippen molar-refractivity contribution in [3.8, 4) is 0 Å². The molecule has 0 aliphatic heterocycles. The Bertz CT molecular complexity index is 584. The molecule has 0 bridgehead atoms. The molecule has 0 amide bonds. The van der Waals surface area contributed by atoms with Gasteiger partial charge in [0.05, 0.1) is 11.0 Å². The van der Waals surface area contributed by atoms with E-state index in [0.717, 1.165) is 11.1 Å². The zero-order valence-electron chi connectivity index (χ0n) is 11.1. The molecule has 0 fully saturated rings. The van der Waals surface area contributed by atoms with Crippen molar-refractivity contribution in [1.29, 1.82) is 0 Å². The molecular formula is C14H16N2O3S. The highest BCUT2D eigenvalue weighted by atomic mass is 32.1. The summed E-state index contributed by atoms with van der Waals surface area (Å²) < 4.78 is 0. The molecule has 0 saturated heterocycles. The van der Waals surface area contributed by atoms with Gasteiger partial charge in [0.15, 0.2) is 0 Å². The highest BCUT2D eigenvalue weighted by Gasteiger charge is 2.11. The normalized spacial score (nSPS) is 12.3. The van der Waals surface area contributed by atoms with Gasteiger partial charge in [-0.2, -0.15) is 11.3 Å². The minimum atomic E-state index is -0.554. The summed E-state index contributed by atoms with van der Waals surface area (Å²) in [5, 5.41) is 27.7. The van der Waals surface area contributed by atoms with E-state index in [-0.39, 0.29) is 10.6 Å². The Morgan fingerprint density at radius 3 is 2.90 bits per heavy atom. The third kappa shape index (κ3) is 3.63. The number of nitrogens with zero attached hydrogens (tertiary/aromatic N) is 1. The van der Waals surface area contributed by atoms with Crippen molar-refractivity contribution in [1.82, 2.24) is 5.32 Å². The summed E-state index contributed by atoms with van der Waals surface area (Å²) in [6, 6.07) is 7.05. The summed E-state index contributed by atoms with van der Waals surface area (Å²) in [4.78, 5) is 10.5. The van der Waals surface area contributed by atoms with Gasteiger partial charge in [0.2, 0.25) is 0 Å². The molecule has 5 nitrogen and oxygen atoms in total. The van der Waals surface area contributed by atoms with Crippen molar-refractivity contribution in [2.75, 3.05) is 6.54 Å². The molecule has 0 saturated carbocycles. The maximum atomic E-state index is 10.9. The minimum Gasteiger partial charge on any atom is -0.387 e. The summed E-state index contributed by atoms with van der Waals surface area (Å²) in [5.41, 5.74) is 2.50. The van der Waals surface area contributed by atoms with Crippen LogP contribution in [0.25, 0.3) is 0 Å². The second kappa shape index (κ2) is 6.60. The summed E-state index contributed by atoms with van der Waals surface area (Å²) in [6.45, 7) is 2.62. The van der Waals surface area contributed by atoms with Crippen LogP contribution < -0.4 is 5.32 Å². The molecular weight excluding hydrogens is 276 g/mol. The van der Waals surface area contributed by atoms with Crippen LogP contribution >= 0.6 is 11.3 Å². The summed E-state index contributed by atoms with van der Waals surface area (Å²) in [5.74, 6) is 0. The molecule has 0 aliphatic rings. The molecule has 20 heavy (non-hydrogen) atoms. The van der Waals surface area contributed by atoms with Crippen molar-refractivity contribution in [2.24, 2.45) is 0 Å². The number of hydrogen-bond donors (Lipinski definition) is 2. The maximum absolute atomic E-state index is 10.9. The van der Waals surface area contributed by atoms with E-state index in [9.17, 15) is 15.2 Å². The predicted octanol–water partition coefficient (Wildman–Crippen LogP) is 2.79. The van der Waals surface area contributed by atoms with E-state index in [1.54, 1.807) is 30.4 Å². The Kier molecular flexibility index (Phi) is 4.84. The molecule has 2 aromatic rings. The van der Waals surface area contributed by atoms with Gasteiger partial charge < -0.3 is 10.4 Å². The molecule has 1 heterocycles. The second-order valence-electron chi connectivity index (χ2n) is 4.58. The number of benzene rings is 1. The molecule has 106 valence electrons. The Labute approximate surface area is 121 Å². The van der Waals surface area contributed by atoms with E-state index in [1.165, 1.54) is 0 Å². The topological polar surface area (TPSA) is 75.4 Å². The molecule has 1 unspecified atom stereocenters. The van der Waals surface area contributed by atoms with Crippen molar-refractivity contribution >= 4 is 17.0 Å². The van der Waals surface area contributed by atoms with Gasteiger partial charge in [0.25, 0.3) is 5.69 Å². The van der Waals surface area contributed by atoms with Gasteiger partial charge in [-0.1, -0.05) is 12.1 Å². The average Bonchev–Trinajstić information content (AvgIpc) is 2.94. The SMILES string of the molecule is Cc1ccc(CNCC(O)c2ccsc2)cc1[N+](=O)[O-]. The number of aliphatic hydroxyl groups is 1.